The van der Waals surface area contributed by atoms with E-state index in [1.165, 1.54) is 10.4 Å². The highest BCUT2D eigenvalue weighted by Crippen LogP contribution is 2.21. The maximum absolute atomic E-state index is 4.71. The van der Waals surface area contributed by atoms with Gasteiger partial charge in [-0.2, -0.15) is 0 Å². The smallest absolute Gasteiger partial charge is 0.135 e. The molecule has 0 N–H and O–H groups in total. The van der Waals surface area contributed by atoms with Crippen molar-refractivity contribution >= 4 is 17.2 Å². The van der Waals surface area contributed by atoms with E-state index >= 15 is 0 Å². The fourth-order valence-electron chi connectivity index (χ4n) is 2.94. The summed E-state index contributed by atoms with van der Waals surface area (Å²) < 4.78 is 0. The second-order valence-corrected chi connectivity index (χ2v) is 6.89. The van der Waals surface area contributed by atoms with Crippen molar-refractivity contribution in [3.8, 4) is 0 Å². The quantitative estimate of drug-likeness (QED) is 0.848. The molecule has 1 aliphatic rings. The zero-order chi connectivity index (χ0) is 15.4. The van der Waals surface area contributed by atoms with Gasteiger partial charge in [-0.1, -0.05) is 19.4 Å². The minimum absolute atomic E-state index is 0.871. The van der Waals surface area contributed by atoms with Gasteiger partial charge in [0, 0.05) is 49.4 Å². The molecule has 0 unspecified atom stereocenters. The summed E-state index contributed by atoms with van der Waals surface area (Å²) in [6.45, 7) is 9.58. The highest BCUT2D eigenvalue weighted by molar-refractivity contribution is 7.09. The third-order valence-corrected chi connectivity index (χ3v) is 4.97. The van der Waals surface area contributed by atoms with Gasteiger partial charge in [-0.25, -0.2) is 9.97 Å². The van der Waals surface area contributed by atoms with Crippen LogP contribution in [0.2, 0.25) is 0 Å². The molecule has 0 aliphatic carbocycles. The summed E-state index contributed by atoms with van der Waals surface area (Å²) in [5.41, 5.74) is 1.29. The SMILES string of the molecule is CCCc1cnc(C)nc1N1CCN(Cc2cccs2)CC1. The largest absolute Gasteiger partial charge is 0.354 e. The van der Waals surface area contributed by atoms with Crippen LogP contribution in [0.25, 0.3) is 0 Å². The Hall–Kier alpha value is -1.46. The van der Waals surface area contributed by atoms with Crippen molar-refractivity contribution in [2.75, 3.05) is 31.1 Å². The Morgan fingerprint density at radius 3 is 2.73 bits per heavy atom. The van der Waals surface area contributed by atoms with Crippen LogP contribution in [-0.2, 0) is 13.0 Å². The number of hydrogen-bond acceptors (Lipinski definition) is 5. The normalized spacial score (nSPS) is 16.2. The second kappa shape index (κ2) is 7.20. The molecule has 1 saturated heterocycles. The number of piperazine rings is 1. The number of aryl methyl sites for hydroxylation is 2. The average Bonchev–Trinajstić information content (AvgIpc) is 3.03. The Morgan fingerprint density at radius 1 is 1.23 bits per heavy atom. The van der Waals surface area contributed by atoms with Crippen LogP contribution in [0.4, 0.5) is 5.82 Å². The van der Waals surface area contributed by atoms with Crippen molar-refractivity contribution in [2.45, 2.75) is 33.2 Å². The Bertz CT molecular complexity index is 589. The molecule has 4 nitrogen and oxygen atoms in total. The number of anilines is 1. The molecular formula is C17H24N4S. The topological polar surface area (TPSA) is 32.3 Å². The summed E-state index contributed by atoms with van der Waals surface area (Å²) in [7, 11) is 0. The summed E-state index contributed by atoms with van der Waals surface area (Å²) in [6, 6.07) is 4.36. The van der Waals surface area contributed by atoms with E-state index in [-0.39, 0.29) is 0 Å². The Balaban J connectivity index is 1.64. The monoisotopic (exact) mass is 316 g/mol. The first-order chi connectivity index (χ1) is 10.8. The minimum atomic E-state index is 0.871. The summed E-state index contributed by atoms with van der Waals surface area (Å²) >= 11 is 1.85. The molecule has 3 heterocycles. The molecule has 0 saturated carbocycles. The maximum Gasteiger partial charge on any atom is 0.135 e. The van der Waals surface area contributed by atoms with Gasteiger partial charge in [0.05, 0.1) is 0 Å². The third kappa shape index (κ3) is 3.65. The molecule has 0 radical (unpaired) electrons. The Labute approximate surface area is 136 Å². The number of aromatic nitrogens is 2. The molecule has 22 heavy (non-hydrogen) atoms. The predicted molar refractivity (Wildman–Crippen MR) is 92.6 cm³/mol. The Kier molecular flexibility index (Phi) is 5.05. The van der Waals surface area contributed by atoms with Crippen molar-refractivity contribution in [2.24, 2.45) is 0 Å². The van der Waals surface area contributed by atoms with Crippen LogP contribution in [0.1, 0.15) is 29.6 Å². The van der Waals surface area contributed by atoms with Crippen LogP contribution in [0.3, 0.4) is 0 Å². The maximum atomic E-state index is 4.71. The zero-order valence-electron chi connectivity index (χ0n) is 13.5. The molecule has 2 aromatic rings. The molecule has 0 amide bonds. The average molecular weight is 316 g/mol. The zero-order valence-corrected chi connectivity index (χ0v) is 14.3. The first-order valence-corrected chi connectivity index (χ1v) is 8.96. The molecular weight excluding hydrogens is 292 g/mol. The molecule has 0 spiro atoms. The van der Waals surface area contributed by atoms with E-state index in [2.05, 4.69) is 39.2 Å². The lowest BCUT2D eigenvalue weighted by atomic mass is 10.1. The van der Waals surface area contributed by atoms with Crippen LogP contribution in [-0.4, -0.2) is 41.0 Å². The molecule has 0 atom stereocenters. The number of hydrogen-bond donors (Lipinski definition) is 0. The molecule has 1 fully saturated rings. The third-order valence-electron chi connectivity index (χ3n) is 4.11. The van der Waals surface area contributed by atoms with E-state index in [0.717, 1.165) is 57.2 Å². The van der Waals surface area contributed by atoms with Crippen molar-refractivity contribution in [3.63, 3.8) is 0 Å². The van der Waals surface area contributed by atoms with Crippen LogP contribution >= 0.6 is 11.3 Å². The summed E-state index contributed by atoms with van der Waals surface area (Å²) in [5, 5.41) is 2.16. The first-order valence-electron chi connectivity index (χ1n) is 8.08. The van der Waals surface area contributed by atoms with Gasteiger partial charge in [0.25, 0.3) is 0 Å². The van der Waals surface area contributed by atoms with Gasteiger partial charge in [-0.15, -0.1) is 11.3 Å². The lowest BCUT2D eigenvalue weighted by Crippen LogP contribution is -2.46. The highest BCUT2D eigenvalue weighted by atomic mass is 32.1. The fourth-order valence-corrected chi connectivity index (χ4v) is 3.69. The molecule has 1 aliphatic heterocycles. The van der Waals surface area contributed by atoms with Gasteiger partial charge < -0.3 is 4.90 Å². The van der Waals surface area contributed by atoms with Gasteiger partial charge in [0.2, 0.25) is 0 Å². The van der Waals surface area contributed by atoms with E-state index in [0.29, 0.717) is 0 Å². The highest BCUT2D eigenvalue weighted by Gasteiger charge is 2.20. The summed E-state index contributed by atoms with van der Waals surface area (Å²) in [6.07, 6.45) is 4.21. The van der Waals surface area contributed by atoms with Crippen molar-refractivity contribution in [3.05, 3.63) is 40.0 Å². The molecule has 2 aromatic heterocycles. The van der Waals surface area contributed by atoms with Crippen molar-refractivity contribution in [1.82, 2.24) is 14.9 Å². The van der Waals surface area contributed by atoms with E-state index in [4.69, 9.17) is 4.98 Å². The van der Waals surface area contributed by atoms with E-state index in [1.54, 1.807) is 0 Å². The standard InChI is InChI=1S/C17H24N4S/c1-3-5-15-12-18-14(2)19-17(15)21-9-7-20(8-10-21)13-16-6-4-11-22-16/h4,6,11-12H,3,5,7-10,13H2,1-2H3. The van der Waals surface area contributed by atoms with E-state index < -0.39 is 0 Å². The summed E-state index contributed by atoms with van der Waals surface area (Å²) in [5.74, 6) is 2.03. The lowest BCUT2D eigenvalue weighted by molar-refractivity contribution is 0.251. The predicted octanol–water partition coefficient (Wildman–Crippen LogP) is 3.12. The molecule has 3 rings (SSSR count). The number of thiophene rings is 1. The van der Waals surface area contributed by atoms with Crippen LogP contribution in [0, 0.1) is 6.92 Å². The second-order valence-electron chi connectivity index (χ2n) is 5.86. The first kappa shape index (κ1) is 15.4. The molecule has 0 bridgehead atoms. The van der Waals surface area contributed by atoms with Crippen LogP contribution in [0.5, 0.6) is 0 Å². The minimum Gasteiger partial charge on any atom is -0.354 e. The molecule has 118 valence electrons. The lowest BCUT2D eigenvalue weighted by Gasteiger charge is -2.36. The van der Waals surface area contributed by atoms with Gasteiger partial charge in [-0.05, 0) is 24.8 Å². The van der Waals surface area contributed by atoms with E-state index in [9.17, 15) is 0 Å². The van der Waals surface area contributed by atoms with Gasteiger partial charge in [0.15, 0.2) is 0 Å². The van der Waals surface area contributed by atoms with Gasteiger partial charge in [-0.3, -0.25) is 4.90 Å². The van der Waals surface area contributed by atoms with Crippen LogP contribution < -0.4 is 4.90 Å². The van der Waals surface area contributed by atoms with E-state index in [1.807, 2.05) is 24.5 Å². The van der Waals surface area contributed by atoms with Crippen molar-refractivity contribution < 1.29 is 0 Å². The molecule has 0 aromatic carbocycles. The number of rotatable bonds is 5. The van der Waals surface area contributed by atoms with Crippen molar-refractivity contribution in [1.29, 1.82) is 0 Å². The molecule has 5 heteroatoms. The summed E-state index contributed by atoms with van der Waals surface area (Å²) in [4.78, 5) is 15.5. The Morgan fingerprint density at radius 2 is 2.05 bits per heavy atom. The number of nitrogens with zero attached hydrogens (tertiary/aromatic N) is 4. The van der Waals surface area contributed by atoms with Crippen LogP contribution in [0.15, 0.2) is 23.7 Å². The van der Waals surface area contributed by atoms with Gasteiger partial charge in [0.1, 0.15) is 11.6 Å². The fraction of sp³-hybridized carbons (Fsp3) is 0.529. The van der Waals surface area contributed by atoms with Gasteiger partial charge >= 0.3 is 0 Å².